The van der Waals surface area contributed by atoms with E-state index in [4.69, 9.17) is 10.5 Å². The zero-order chi connectivity index (χ0) is 12.7. The Bertz CT molecular complexity index is 339. The molecule has 1 atom stereocenters. The normalized spacial score (nSPS) is 12.2. The van der Waals surface area contributed by atoms with E-state index in [-0.39, 0.29) is 0 Å². The fourth-order valence-electron chi connectivity index (χ4n) is 1.84. The Morgan fingerprint density at radius 2 is 2.12 bits per heavy atom. The molecule has 0 saturated heterocycles. The van der Waals surface area contributed by atoms with E-state index in [0.717, 1.165) is 17.1 Å². The third-order valence-corrected chi connectivity index (χ3v) is 2.90. The number of hydrogen-bond acceptors (Lipinski definition) is 3. The quantitative estimate of drug-likeness (QED) is 0.561. The number of ether oxygens (including phenoxy) is 1. The molecule has 0 radical (unpaired) electrons. The molecule has 0 saturated carbocycles. The standard InChI is InChI=1S/C14H24N2O/c1-4-5-6-7-11(2)16-14-9-8-12(17-3)10-13(14)15/h8-11,16H,4-7,15H2,1-3H3. The fraction of sp³-hybridized carbons (Fsp3) is 0.571. The molecule has 1 aromatic carbocycles. The first-order valence-electron chi connectivity index (χ1n) is 6.37. The first-order valence-corrected chi connectivity index (χ1v) is 6.37. The second kappa shape index (κ2) is 7.05. The van der Waals surface area contributed by atoms with Crippen LogP contribution in [0.4, 0.5) is 11.4 Å². The first-order chi connectivity index (χ1) is 8.17. The smallest absolute Gasteiger partial charge is 0.121 e. The molecule has 3 heteroatoms. The van der Waals surface area contributed by atoms with Gasteiger partial charge in [-0.15, -0.1) is 0 Å². The monoisotopic (exact) mass is 236 g/mol. The summed E-state index contributed by atoms with van der Waals surface area (Å²) in [5, 5.41) is 3.44. The maximum absolute atomic E-state index is 5.96. The zero-order valence-electron chi connectivity index (χ0n) is 11.1. The summed E-state index contributed by atoms with van der Waals surface area (Å²) in [6.45, 7) is 4.42. The van der Waals surface area contributed by atoms with Gasteiger partial charge in [0.1, 0.15) is 5.75 Å². The summed E-state index contributed by atoms with van der Waals surface area (Å²) in [4.78, 5) is 0. The Morgan fingerprint density at radius 3 is 2.71 bits per heavy atom. The number of unbranched alkanes of at least 4 members (excludes halogenated alkanes) is 2. The third kappa shape index (κ3) is 4.55. The van der Waals surface area contributed by atoms with Crippen LogP contribution in [0.2, 0.25) is 0 Å². The van der Waals surface area contributed by atoms with E-state index in [9.17, 15) is 0 Å². The van der Waals surface area contributed by atoms with Gasteiger partial charge in [0.25, 0.3) is 0 Å². The summed E-state index contributed by atoms with van der Waals surface area (Å²) in [5.41, 5.74) is 7.70. The number of nitrogen functional groups attached to an aromatic ring is 1. The molecule has 3 N–H and O–H groups in total. The van der Waals surface area contributed by atoms with Gasteiger partial charge in [0, 0.05) is 12.1 Å². The number of nitrogens with two attached hydrogens (primary N) is 1. The molecule has 0 aliphatic heterocycles. The average molecular weight is 236 g/mol. The molecule has 96 valence electrons. The average Bonchev–Trinajstić information content (AvgIpc) is 2.32. The van der Waals surface area contributed by atoms with Crippen LogP contribution in [0, 0.1) is 0 Å². The van der Waals surface area contributed by atoms with Gasteiger partial charge in [-0.2, -0.15) is 0 Å². The van der Waals surface area contributed by atoms with Gasteiger partial charge in [0.2, 0.25) is 0 Å². The van der Waals surface area contributed by atoms with Crippen molar-refractivity contribution < 1.29 is 4.74 Å². The lowest BCUT2D eigenvalue weighted by atomic mass is 10.1. The molecule has 0 fully saturated rings. The lowest BCUT2D eigenvalue weighted by molar-refractivity contribution is 0.415. The van der Waals surface area contributed by atoms with Crippen molar-refractivity contribution in [1.82, 2.24) is 0 Å². The van der Waals surface area contributed by atoms with Crippen molar-refractivity contribution in [2.45, 2.75) is 45.6 Å². The summed E-state index contributed by atoms with van der Waals surface area (Å²) in [5.74, 6) is 0.798. The van der Waals surface area contributed by atoms with Crippen molar-refractivity contribution >= 4 is 11.4 Å². The van der Waals surface area contributed by atoms with Crippen LogP contribution >= 0.6 is 0 Å². The van der Waals surface area contributed by atoms with Gasteiger partial charge < -0.3 is 15.8 Å². The van der Waals surface area contributed by atoms with Crippen molar-refractivity contribution in [3.63, 3.8) is 0 Å². The summed E-state index contributed by atoms with van der Waals surface area (Å²) >= 11 is 0. The highest BCUT2D eigenvalue weighted by Crippen LogP contribution is 2.25. The van der Waals surface area contributed by atoms with Crippen LogP contribution in [-0.4, -0.2) is 13.2 Å². The summed E-state index contributed by atoms with van der Waals surface area (Å²) in [6, 6.07) is 6.21. The molecule has 0 aliphatic carbocycles. The number of anilines is 2. The Labute approximate surface area is 104 Å². The van der Waals surface area contributed by atoms with Crippen LogP contribution in [0.15, 0.2) is 18.2 Å². The minimum Gasteiger partial charge on any atom is -0.497 e. The molecule has 0 aliphatic rings. The Kier molecular flexibility index (Phi) is 5.67. The molecule has 0 heterocycles. The minimum atomic E-state index is 0.456. The molecule has 0 spiro atoms. The zero-order valence-corrected chi connectivity index (χ0v) is 11.1. The minimum absolute atomic E-state index is 0.456. The molecule has 0 bridgehead atoms. The van der Waals surface area contributed by atoms with Crippen molar-refractivity contribution in [2.24, 2.45) is 0 Å². The molecule has 17 heavy (non-hydrogen) atoms. The van der Waals surface area contributed by atoms with Crippen molar-refractivity contribution in [1.29, 1.82) is 0 Å². The molecule has 1 unspecified atom stereocenters. The molecule has 0 amide bonds. The van der Waals surface area contributed by atoms with Gasteiger partial charge in [-0.1, -0.05) is 26.2 Å². The molecule has 0 aromatic heterocycles. The van der Waals surface area contributed by atoms with E-state index in [2.05, 4.69) is 19.2 Å². The Hall–Kier alpha value is -1.38. The highest BCUT2D eigenvalue weighted by molar-refractivity contribution is 5.68. The predicted octanol–water partition coefficient (Wildman–Crippen LogP) is 3.66. The van der Waals surface area contributed by atoms with Crippen LogP contribution in [0.1, 0.15) is 39.5 Å². The fourth-order valence-corrected chi connectivity index (χ4v) is 1.84. The molecule has 1 aromatic rings. The van der Waals surface area contributed by atoms with Gasteiger partial charge in [0.15, 0.2) is 0 Å². The van der Waals surface area contributed by atoms with Crippen LogP contribution < -0.4 is 15.8 Å². The lowest BCUT2D eigenvalue weighted by Crippen LogP contribution is -2.15. The van der Waals surface area contributed by atoms with E-state index in [1.165, 1.54) is 25.7 Å². The second-order valence-corrected chi connectivity index (χ2v) is 4.49. The van der Waals surface area contributed by atoms with Crippen molar-refractivity contribution in [3.05, 3.63) is 18.2 Å². The van der Waals surface area contributed by atoms with Crippen LogP contribution in [0.3, 0.4) is 0 Å². The second-order valence-electron chi connectivity index (χ2n) is 4.49. The number of methoxy groups -OCH3 is 1. The molecule has 1 rings (SSSR count). The van der Waals surface area contributed by atoms with E-state index < -0.39 is 0 Å². The van der Waals surface area contributed by atoms with Crippen LogP contribution in [0.25, 0.3) is 0 Å². The largest absolute Gasteiger partial charge is 0.497 e. The Morgan fingerprint density at radius 1 is 1.35 bits per heavy atom. The third-order valence-electron chi connectivity index (χ3n) is 2.90. The van der Waals surface area contributed by atoms with Crippen molar-refractivity contribution in [3.8, 4) is 5.75 Å². The topological polar surface area (TPSA) is 47.3 Å². The van der Waals surface area contributed by atoms with Crippen molar-refractivity contribution in [2.75, 3.05) is 18.2 Å². The van der Waals surface area contributed by atoms with E-state index in [1.807, 2.05) is 18.2 Å². The van der Waals surface area contributed by atoms with E-state index in [1.54, 1.807) is 7.11 Å². The maximum Gasteiger partial charge on any atom is 0.121 e. The summed E-state index contributed by atoms with van der Waals surface area (Å²) in [6.07, 6.45) is 5.00. The maximum atomic E-state index is 5.96. The van der Waals surface area contributed by atoms with Gasteiger partial charge >= 0.3 is 0 Å². The summed E-state index contributed by atoms with van der Waals surface area (Å²) < 4.78 is 5.13. The van der Waals surface area contributed by atoms with Gasteiger partial charge in [-0.25, -0.2) is 0 Å². The van der Waals surface area contributed by atoms with E-state index >= 15 is 0 Å². The van der Waals surface area contributed by atoms with E-state index in [0.29, 0.717) is 6.04 Å². The highest BCUT2D eigenvalue weighted by Gasteiger charge is 2.05. The number of benzene rings is 1. The summed E-state index contributed by atoms with van der Waals surface area (Å²) in [7, 11) is 1.65. The Balaban J connectivity index is 2.50. The van der Waals surface area contributed by atoms with Gasteiger partial charge in [-0.05, 0) is 25.5 Å². The highest BCUT2D eigenvalue weighted by atomic mass is 16.5. The van der Waals surface area contributed by atoms with Crippen LogP contribution in [-0.2, 0) is 0 Å². The molecular weight excluding hydrogens is 212 g/mol. The van der Waals surface area contributed by atoms with Crippen LogP contribution in [0.5, 0.6) is 5.75 Å². The number of nitrogens with one attached hydrogen (secondary N) is 1. The van der Waals surface area contributed by atoms with Gasteiger partial charge in [0.05, 0.1) is 18.5 Å². The SMILES string of the molecule is CCCCCC(C)Nc1ccc(OC)cc1N. The number of rotatable bonds is 7. The lowest BCUT2D eigenvalue weighted by Gasteiger charge is -2.17. The first kappa shape index (κ1) is 13.7. The molecule has 3 nitrogen and oxygen atoms in total. The van der Waals surface area contributed by atoms with Gasteiger partial charge in [-0.3, -0.25) is 0 Å². The number of hydrogen-bond donors (Lipinski definition) is 2. The predicted molar refractivity (Wildman–Crippen MR) is 74.6 cm³/mol. The molecular formula is C14H24N2O.